The van der Waals surface area contributed by atoms with Crippen molar-refractivity contribution >= 4 is 5.69 Å². The van der Waals surface area contributed by atoms with Crippen LogP contribution in [0, 0.1) is 0 Å². The Morgan fingerprint density at radius 2 is 1.86 bits per heavy atom. The van der Waals surface area contributed by atoms with Crippen LogP contribution in [0.3, 0.4) is 0 Å². The lowest BCUT2D eigenvalue weighted by atomic mass is 10.1. The number of benzene rings is 2. The lowest BCUT2D eigenvalue weighted by Gasteiger charge is -2.12. The third kappa shape index (κ3) is 3.17. The molecule has 22 heavy (non-hydrogen) atoms. The van der Waals surface area contributed by atoms with Crippen LogP contribution in [0.4, 0.5) is 5.69 Å². The largest absolute Gasteiger partial charge is 0.418 e. The normalized spacial score (nSPS) is 12.1. The summed E-state index contributed by atoms with van der Waals surface area (Å²) in [7, 11) is 0. The summed E-state index contributed by atoms with van der Waals surface area (Å²) in [6, 6.07) is 18.1. The zero-order valence-electron chi connectivity index (χ0n) is 12.8. The molecule has 3 aromatic rings. The summed E-state index contributed by atoms with van der Waals surface area (Å²) in [6.45, 7) is 4.16. The minimum absolute atomic E-state index is 0.0444. The third-order valence-corrected chi connectivity index (χ3v) is 3.55. The highest BCUT2D eigenvalue weighted by atomic mass is 16.4. The second-order valence-corrected chi connectivity index (χ2v) is 5.23. The predicted molar refractivity (Wildman–Crippen MR) is 87.6 cm³/mol. The summed E-state index contributed by atoms with van der Waals surface area (Å²) in [5.74, 6) is 1.13. The molecule has 0 amide bonds. The smallest absolute Gasteiger partial charge is 0.247 e. The van der Waals surface area contributed by atoms with Crippen molar-refractivity contribution in [2.45, 2.75) is 26.3 Å². The first-order valence-electron chi connectivity index (χ1n) is 7.50. The number of nitrogens with zero attached hydrogens (tertiary/aromatic N) is 2. The van der Waals surface area contributed by atoms with Crippen molar-refractivity contribution in [2.24, 2.45) is 0 Å². The molecule has 0 bridgehead atoms. The lowest BCUT2D eigenvalue weighted by Crippen LogP contribution is -2.07. The average Bonchev–Trinajstić information content (AvgIpc) is 3.06. The van der Waals surface area contributed by atoms with Gasteiger partial charge in [-0.2, -0.15) is 0 Å². The van der Waals surface area contributed by atoms with E-state index < -0.39 is 0 Å². The van der Waals surface area contributed by atoms with Crippen LogP contribution in [0.25, 0.3) is 11.5 Å². The Balaban J connectivity index is 1.75. The van der Waals surface area contributed by atoms with Crippen LogP contribution >= 0.6 is 0 Å². The monoisotopic (exact) mass is 293 g/mol. The molecule has 0 aliphatic heterocycles. The van der Waals surface area contributed by atoms with Crippen LogP contribution in [0.1, 0.15) is 31.3 Å². The minimum atomic E-state index is -0.0444. The van der Waals surface area contributed by atoms with Crippen LogP contribution in [0.2, 0.25) is 0 Å². The fourth-order valence-electron chi connectivity index (χ4n) is 2.30. The molecule has 3 rings (SSSR count). The molecule has 0 saturated carbocycles. The quantitative estimate of drug-likeness (QED) is 0.754. The summed E-state index contributed by atoms with van der Waals surface area (Å²) in [5.41, 5.74) is 3.29. The van der Waals surface area contributed by atoms with E-state index in [0.29, 0.717) is 11.8 Å². The van der Waals surface area contributed by atoms with Gasteiger partial charge in [-0.25, -0.2) is 0 Å². The highest BCUT2D eigenvalue weighted by Gasteiger charge is 2.14. The van der Waals surface area contributed by atoms with E-state index in [1.165, 1.54) is 5.56 Å². The number of nitrogens with one attached hydrogen (secondary N) is 1. The van der Waals surface area contributed by atoms with Gasteiger partial charge in [0.15, 0.2) is 0 Å². The summed E-state index contributed by atoms with van der Waals surface area (Å²) < 4.78 is 5.78. The van der Waals surface area contributed by atoms with Crippen molar-refractivity contribution in [2.75, 3.05) is 5.32 Å². The first kappa shape index (κ1) is 14.3. The topological polar surface area (TPSA) is 51.0 Å². The van der Waals surface area contributed by atoms with Gasteiger partial charge in [-0.15, -0.1) is 10.2 Å². The predicted octanol–water partition coefficient (Wildman–Crippen LogP) is 4.47. The van der Waals surface area contributed by atoms with Crippen molar-refractivity contribution in [3.8, 4) is 11.5 Å². The van der Waals surface area contributed by atoms with Gasteiger partial charge in [0.1, 0.15) is 6.04 Å². The number of aryl methyl sites for hydroxylation is 1. The molecular weight excluding hydrogens is 274 g/mol. The maximum atomic E-state index is 5.78. The molecule has 0 aliphatic rings. The first-order valence-corrected chi connectivity index (χ1v) is 7.50. The second kappa shape index (κ2) is 6.43. The Bertz CT molecular complexity index is 737. The Kier molecular flexibility index (Phi) is 4.19. The van der Waals surface area contributed by atoms with Crippen molar-refractivity contribution in [3.05, 3.63) is 66.1 Å². The molecule has 0 spiro atoms. The Morgan fingerprint density at radius 3 is 2.64 bits per heavy atom. The van der Waals surface area contributed by atoms with E-state index in [9.17, 15) is 0 Å². The summed E-state index contributed by atoms with van der Waals surface area (Å²) >= 11 is 0. The number of hydrogen-bond donors (Lipinski definition) is 1. The van der Waals surface area contributed by atoms with Crippen LogP contribution < -0.4 is 5.32 Å². The Morgan fingerprint density at radius 1 is 1.05 bits per heavy atom. The highest BCUT2D eigenvalue weighted by molar-refractivity contribution is 5.52. The molecule has 2 aromatic carbocycles. The van der Waals surface area contributed by atoms with Gasteiger partial charge >= 0.3 is 0 Å². The second-order valence-electron chi connectivity index (χ2n) is 5.23. The molecular formula is C18H19N3O. The fourth-order valence-corrected chi connectivity index (χ4v) is 2.30. The lowest BCUT2D eigenvalue weighted by molar-refractivity contribution is 0.485. The van der Waals surface area contributed by atoms with Crippen LogP contribution in [0.15, 0.2) is 59.0 Å². The minimum Gasteiger partial charge on any atom is -0.418 e. The van der Waals surface area contributed by atoms with Gasteiger partial charge in [0, 0.05) is 11.3 Å². The molecule has 0 aliphatic carbocycles. The molecule has 1 atom stereocenters. The van der Waals surface area contributed by atoms with E-state index in [2.05, 4.69) is 40.6 Å². The molecule has 4 nitrogen and oxygen atoms in total. The molecule has 1 aromatic heterocycles. The maximum Gasteiger partial charge on any atom is 0.247 e. The van der Waals surface area contributed by atoms with Gasteiger partial charge in [-0.05, 0) is 43.2 Å². The van der Waals surface area contributed by atoms with Gasteiger partial charge < -0.3 is 9.73 Å². The van der Waals surface area contributed by atoms with Crippen molar-refractivity contribution in [3.63, 3.8) is 0 Å². The van der Waals surface area contributed by atoms with E-state index in [4.69, 9.17) is 4.42 Å². The van der Waals surface area contributed by atoms with Crippen LogP contribution in [-0.2, 0) is 6.42 Å². The summed E-state index contributed by atoms with van der Waals surface area (Å²) in [6.07, 6.45) is 1.02. The average molecular weight is 293 g/mol. The van der Waals surface area contributed by atoms with E-state index >= 15 is 0 Å². The number of hydrogen-bond acceptors (Lipinski definition) is 4. The van der Waals surface area contributed by atoms with Crippen LogP contribution in [0.5, 0.6) is 0 Å². The van der Waals surface area contributed by atoms with E-state index in [1.807, 2.05) is 43.3 Å². The number of anilines is 1. The van der Waals surface area contributed by atoms with Gasteiger partial charge in [-0.3, -0.25) is 0 Å². The first-order chi connectivity index (χ1) is 10.8. The fraction of sp³-hybridized carbons (Fsp3) is 0.222. The highest BCUT2D eigenvalue weighted by Crippen LogP contribution is 2.23. The molecule has 0 fully saturated rings. The Hall–Kier alpha value is -2.62. The standard InChI is InChI=1S/C18H19N3O/c1-3-14-8-7-11-16(12-14)19-13(2)17-20-21-18(22-17)15-9-5-4-6-10-15/h4-13,19H,3H2,1-2H3. The molecule has 4 heteroatoms. The number of aromatic nitrogens is 2. The van der Waals surface area contributed by atoms with Crippen molar-refractivity contribution in [1.82, 2.24) is 10.2 Å². The molecule has 1 N–H and O–H groups in total. The van der Waals surface area contributed by atoms with E-state index in [0.717, 1.165) is 17.7 Å². The zero-order valence-corrected chi connectivity index (χ0v) is 12.8. The van der Waals surface area contributed by atoms with Crippen molar-refractivity contribution < 1.29 is 4.42 Å². The van der Waals surface area contributed by atoms with E-state index in [-0.39, 0.29) is 6.04 Å². The van der Waals surface area contributed by atoms with Gasteiger partial charge in [-0.1, -0.05) is 37.3 Å². The molecule has 0 radical (unpaired) electrons. The third-order valence-electron chi connectivity index (χ3n) is 3.55. The molecule has 112 valence electrons. The summed E-state index contributed by atoms with van der Waals surface area (Å²) in [5, 5.41) is 11.7. The summed E-state index contributed by atoms with van der Waals surface area (Å²) in [4.78, 5) is 0. The SMILES string of the molecule is CCc1cccc(NC(C)c2nnc(-c3ccccc3)o2)c1. The van der Waals surface area contributed by atoms with Gasteiger partial charge in [0.25, 0.3) is 0 Å². The molecule has 1 heterocycles. The zero-order chi connectivity index (χ0) is 15.4. The van der Waals surface area contributed by atoms with Crippen molar-refractivity contribution in [1.29, 1.82) is 0 Å². The number of rotatable bonds is 5. The van der Waals surface area contributed by atoms with Crippen LogP contribution in [-0.4, -0.2) is 10.2 Å². The molecule has 1 unspecified atom stereocenters. The van der Waals surface area contributed by atoms with Gasteiger partial charge in [0.2, 0.25) is 11.8 Å². The maximum absolute atomic E-state index is 5.78. The Labute approximate surface area is 130 Å². The van der Waals surface area contributed by atoms with E-state index in [1.54, 1.807) is 0 Å². The molecule has 0 saturated heterocycles. The van der Waals surface area contributed by atoms with Gasteiger partial charge in [0.05, 0.1) is 0 Å².